The second kappa shape index (κ2) is 11.1. The van der Waals surface area contributed by atoms with Gasteiger partial charge in [0.25, 0.3) is 0 Å². The molecule has 1 aromatic carbocycles. The van der Waals surface area contributed by atoms with Crippen LogP contribution < -0.4 is 14.8 Å². The molecule has 8 nitrogen and oxygen atoms in total. The summed E-state index contributed by atoms with van der Waals surface area (Å²) in [6.45, 7) is 5.26. The fourth-order valence-electron chi connectivity index (χ4n) is 3.78. The average molecular weight is 447 g/mol. The summed E-state index contributed by atoms with van der Waals surface area (Å²) < 4.78 is 10.7. The smallest absolute Gasteiger partial charge is 0.245 e. The van der Waals surface area contributed by atoms with Gasteiger partial charge in [-0.15, -0.1) is 11.3 Å². The van der Waals surface area contributed by atoms with Gasteiger partial charge in [0.05, 0.1) is 20.8 Å². The first-order valence-electron chi connectivity index (χ1n) is 10.4. The number of benzene rings is 1. The van der Waals surface area contributed by atoms with Crippen LogP contribution >= 0.6 is 11.3 Å². The van der Waals surface area contributed by atoms with Gasteiger partial charge in [0, 0.05) is 51.1 Å². The maximum Gasteiger partial charge on any atom is 0.245 e. The molecule has 1 aromatic heterocycles. The van der Waals surface area contributed by atoms with E-state index >= 15 is 0 Å². The van der Waals surface area contributed by atoms with Crippen molar-refractivity contribution in [3.05, 3.63) is 40.3 Å². The zero-order valence-electron chi connectivity index (χ0n) is 18.3. The summed E-state index contributed by atoms with van der Waals surface area (Å²) in [5.74, 6) is 0.947. The van der Waals surface area contributed by atoms with Crippen LogP contribution in [0.3, 0.4) is 0 Å². The molecule has 1 aliphatic heterocycles. The fourth-order valence-corrected chi connectivity index (χ4v) is 4.44. The molecule has 2 heterocycles. The van der Waals surface area contributed by atoms with Crippen LogP contribution in [0.25, 0.3) is 0 Å². The van der Waals surface area contributed by atoms with Gasteiger partial charge in [-0.25, -0.2) is 4.98 Å². The number of amides is 2. The molecule has 1 N–H and O–H groups in total. The summed E-state index contributed by atoms with van der Waals surface area (Å²) in [6.07, 6.45) is 3.10. The molecular weight excluding hydrogens is 416 g/mol. The molecule has 2 amide bonds. The van der Waals surface area contributed by atoms with Crippen molar-refractivity contribution in [3.8, 4) is 11.5 Å². The van der Waals surface area contributed by atoms with E-state index in [1.807, 2.05) is 34.7 Å². The van der Waals surface area contributed by atoms with E-state index in [9.17, 15) is 9.59 Å². The van der Waals surface area contributed by atoms with Gasteiger partial charge in [0.15, 0.2) is 11.5 Å². The largest absolute Gasteiger partial charge is 0.493 e. The Morgan fingerprint density at radius 2 is 1.97 bits per heavy atom. The summed E-state index contributed by atoms with van der Waals surface area (Å²) in [5.41, 5.74) is 0.893. The third kappa shape index (κ3) is 6.41. The SMILES string of the molecule is COc1ccc(CC(NC(C)=O)C(=O)N2CCCN(Cc3nccs3)CC2)cc1OC. The summed E-state index contributed by atoms with van der Waals surface area (Å²) >= 11 is 1.65. The Labute approximate surface area is 187 Å². The van der Waals surface area contributed by atoms with E-state index in [2.05, 4.69) is 15.2 Å². The second-order valence-corrected chi connectivity index (χ2v) is 8.51. The molecule has 0 spiro atoms. The highest BCUT2D eigenvalue weighted by Gasteiger charge is 2.27. The molecule has 1 unspecified atom stereocenters. The van der Waals surface area contributed by atoms with E-state index in [1.165, 1.54) is 6.92 Å². The lowest BCUT2D eigenvalue weighted by Gasteiger charge is -2.27. The molecule has 1 aliphatic rings. The van der Waals surface area contributed by atoms with Gasteiger partial charge in [-0.3, -0.25) is 14.5 Å². The first kappa shape index (κ1) is 23.0. The number of nitrogens with zero attached hydrogens (tertiary/aromatic N) is 3. The summed E-state index contributed by atoms with van der Waals surface area (Å²) in [5, 5.41) is 5.90. The maximum absolute atomic E-state index is 13.3. The molecule has 0 aliphatic carbocycles. The molecule has 1 fully saturated rings. The van der Waals surface area contributed by atoms with Crippen molar-refractivity contribution in [3.63, 3.8) is 0 Å². The minimum atomic E-state index is -0.624. The maximum atomic E-state index is 13.3. The number of hydrogen-bond acceptors (Lipinski definition) is 7. The molecule has 1 atom stereocenters. The van der Waals surface area contributed by atoms with Crippen LogP contribution in [-0.4, -0.2) is 73.0 Å². The fraction of sp³-hybridized carbons (Fsp3) is 0.500. The number of nitrogens with one attached hydrogen (secondary N) is 1. The first-order chi connectivity index (χ1) is 15.0. The van der Waals surface area contributed by atoms with E-state index in [-0.39, 0.29) is 11.8 Å². The van der Waals surface area contributed by atoms with Crippen LogP contribution in [0.15, 0.2) is 29.8 Å². The van der Waals surface area contributed by atoms with E-state index in [1.54, 1.807) is 25.6 Å². The van der Waals surface area contributed by atoms with Crippen molar-refractivity contribution in [1.29, 1.82) is 0 Å². The summed E-state index contributed by atoms with van der Waals surface area (Å²) in [7, 11) is 3.16. The van der Waals surface area contributed by atoms with E-state index in [0.717, 1.165) is 36.6 Å². The zero-order valence-corrected chi connectivity index (χ0v) is 19.1. The van der Waals surface area contributed by atoms with Crippen LogP contribution in [0.2, 0.25) is 0 Å². The highest BCUT2D eigenvalue weighted by Crippen LogP contribution is 2.28. The standard InChI is InChI=1S/C22H30N4O4S/c1-16(27)24-18(13-17-5-6-19(29-2)20(14-17)30-3)22(28)26-9-4-8-25(10-11-26)15-21-23-7-12-31-21/h5-7,12,14,18H,4,8-11,13,15H2,1-3H3,(H,24,27). The number of ether oxygens (including phenoxy) is 2. The molecule has 9 heteroatoms. The Bertz CT molecular complexity index is 874. The Morgan fingerprint density at radius 1 is 1.16 bits per heavy atom. The van der Waals surface area contributed by atoms with Crippen LogP contribution in [-0.2, 0) is 22.6 Å². The zero-order chi connectivity index (χ0) is 22.2. The number of carbonyl (C=O) groups excluding carboxylic acids is 2. The number of carbonyl (C=O) groups is 2. The predicted molar refractivity (Wildman–Crippen MR) is 119 cm³/mol. The van der Waals surface area contributed by atoms with Crippen LogP contribution in [0, 0.1) is 0 Å². The number of aromatic nitrogens is 1. The third-order valence-electron chi connectivity index (χ3n) is 5.31. The molecule has 0 bridgehead atoms. The van der Waals surface area contributed by atoms with Gasteiger partial charge in [-0.1, -0.05) is 6.07 Å². The van der Waals surface area contributed by atoms with Crippen molar-refractivity contribution in [2.45, 2.75) is 32.4 Å². The van der Waals surface area contributed by atoms with E-state index in [0.29, 0.717) is 31.0 Å². The lowest BCUT2D eigenvalue weighted by atomic mass is 10.0. The monoisotopic (exact) mass is 446 g/mol. The number of thiazole rings is 1. The van der Waals surface area contributed by atoms with Gasteiger partial charge in [0.2, 0.25) is 11.8 Å². The molecule has 0 saturated carbocycles. The molecule has 31 heavy (non-hydrogen) atoms. The van der Waals surface area contributed by atoms with E-state index in [4.69, 9.17) is 9.47 Å². The highest BCUT2D eigenvalue weighted by molar-refractivity contribution is 7.09. The highest BCUT2D eigenvalue weighted by atomic mass is 32.1. The minimum absolute atomic E-state index is 0.0546. The quantitative estimate of drug-likeness (QED) is 0.667. The number of methoxy groups -OCH3 is 2. The van der Waals surface area contributed by atoms with Crippen molar-refractivity contribution in [2.75, 3.05) is 40.4 Å². The van der Waals surface area contributed by atoms with Gasteiger partial charge in [-0.2, -0.15) is 0 Å². The topological polar surface area (TPSA) is 84.0 Å². The predicted octanol–water partition coefficient (Wildman–Crippen LogP) is 1.94. The van der Waals surface area contributed by atoms with Gasteiger partial charge < -0.3 is 19.7 Å². The van der Waals surface area contributed by atoms with Crippen molar-refractivity contribution < 1.29 is 19.1 Å². The Hall–Kier alpha value is -2.65. The van der Waals surface area contributed by atoms with Crippen molar-refractivity contribution in [2.24, 2.45) is 0 Å². The molecular formula is C22H30N4O4S. The number of rotatable bonds is 8. The van der Waals surface area contributed by atoms with Crippen LogP contribution in [0.5, 0.6) is 11.5 Å². The van der Waals surface area contributed by atoms with E-state index < -0.39 is 6.04 Å². The van der Waals surface area contributed by atoms with Gasteiger partial charge in [0.1, 0.15) is 11.0 Å². The first-order valence-corrected chi connectivity index (χ1v) is 11.3. The Kier molecular flexibility index (Phi) is 8.25. The Balaban J connectivity index is 1.67. The number of hydrogen-bond donors (Lipinski definition) is 1. The van der Waals surface area contributed by atoms with Crippen molar-refractivity contribution in [1.82, 2.24) is 20.1 Å². The van der Waals surface area contributed by atoms with Gasteiger partial charge in [-0.05, 0) is 24.1 Å². The van der Waals surface area contributed by atoms with Crippen LogP contribution in [0.4, 0.5) is 0 Å². The molecule has 3 rings (SSSR count). The third-order valence-corrected chi connectivity index (χ3v) is 6.07. The van der Waals surface area contributed by atoms with Gasteiger partial charge >= 0.3 is 0 Å². The average Bonchev–Trinajstić information content (AvgIpc) is 3.16. The van der Waals surface area contributed by atoms with Crippen LogP contribution in [0.1, 0.15) is 23.9 Å². The molecule has 1 saturated heterocycles. The lowest BCUT2D eigenvalue weighted by Crippen LogP contribution is -2.50. The summed E-state index contributed by atoms with van der Waals surface area (Å²) in [6, 6.07) is 4.92. The lowest BCUT2D eigenvalue weighted by molar-refractivity contribution is -0.136. The molecule has 2 aromatic rings. The second-order valence-electron chi connectivity index (χ2n) is 7.53. The normalized spacial score (nSPS) is 15.8. The van der Waals surface area contributed by atoms with Crippen molar-refractivity contribution >= 4 is 23.2 Å². The molecule has 0 radical (unpaired) electrons. The summed E-state index contributed by atoms with van der Waals surface area (Å²) in [4.78, 5) is 33.7. The Morgan fingerprint density at radius 3 is 2.65 bits per heavy atom. The molecule has 168 valence electrons. The minimum Gasteiger partial charge on any atom is -0.493 e.